The van der Waals surface area contributed by atoms with Gasteiger partial charge in [-0.1, -0.05) is 0 Å². The van der Waals surface area contributed by atoms with E-state index >= 15 is 0 Å². The van der Waals surface area contributed by atoms with E-state index in [9.17, 15) is 9.59 Å². The van der Waals surface area contributed by atoms with Crippen molar-refractivity contribution in [3.63, 3.8) is 0 Å². The molecule has 3 aromatic rings. The third kappa shape index (κ3) is 4.78. The van der Waals surface area contributed by atoms with E-state index in [-0.39, 0.29) is 6.61 Å². The van der Waals surface area contributed by atoms with Crippen molar-refractivity contribution in [2.24, 2.45) is 0 Å². The molecule has 1 N–H and O–H groups in total. The number of tetrazole rings is 1. The maximum Gasteiger partial charge on any atom is 0.338 e. The number of morpholine rings is 1. The number of esters is 1. The largest absolute Gasteiger partial charge is 0.452 e. The van der Waals surface area contributed by atoms with Crippen LogP contribution in [-0.2, 0) is 14.3 Å². The Labute approximate surface area is 172 Å². The van der Waals surface area contributed by atoms with Crippen molar-refractivity contribution in [2.45, 2.75) is 0 Å². The van der Waals surface area contributed by atoms with Gasteiger partial charge in [-0.15, -0.1) is 5.10 Å². The number of anilines is 2. The van der Waals surface area contributed by atoms with E-state index in [1.54, 1.807) is 24.3 Å². The number of hydrogen-bond donors (Lipinski definition) is 1. The molecule has 4 rings (SSSR count). The number of carbonyl (C=O) groups excluding carboxylic acids is 2. The monoisotopic (exact) mass is 408 g/mol. The summed E-state index contributed by atoms with van der Waals surface area (Å²) < 4.78 is 11.9. The van der Waals surface area contributed by atoms with Crippen LogP contribution in [0.5, 0.6) is 0 Å². The van der Waals surface area contributed by atoms with Gasteiger partial charge in [-0.25, -0.2) is 9.48 Å². The van der Waals surface area contributed by atoms with Gasteiger partial charge < -0.3 is 19.7 Å². The van der Waals surface area contributed by atoms with Crippen LogP contribution in [0.2, 0.25) is 0 Å². The lowest BCUT2D eigenvalue weighted by Gasteiger charge is -2.28. The van der Waals surface area contributed by atoms with Crippen LogP contribution in [0.4, 0.5) is 11.4 Å². The Morgan fingerprint density at radius 3 is 2.37 bits per heavy atom. The molecule has 0 spiro atoms. The molecule has 0 unspecified atom stereocenters. The van der Waals surface area contributed by atoms with Crippen molar-refractivity contribution in [1.82, 2.24) is 20.2 Å². The maximum atomic E-state index is 12.2. The Kier molecular flexibility index (Phi) is 5.95. The molecule has 1 saturated heterocycles. The van der Waals surface area contributed by atoms with Crippen molar-refractivity contribution < 1.29 is 19.1 Å². The fourth-order valence-corrected chi connectivity index (χ4v) is 3.02. The molecule has 0 saturated carbocycles. The molecule has 1 amide bonds. The quantitative estimate of drug-likeness (QED) is 0.608. The van der Waals surface area contributed by atoms with Crippen LogP contribution in [-0.4, -0.2) is 65.0 Å². The summed E-state index contributed by atoms with van der Waals surface area (Å²) in [5.41, 5.74) is 2.75. The molecule has 0 aliphatic carbocycles. The number of aromatic nitrogens is 4. The first-order chi connectivity index (χ1) is 14.7. The molecule has 1 aromatic heterocycles. The highest BCUT2D eigenvalue weighted by atomic mass is 16.5. The van der Waals surface area contributed by atoms with Crippen molar-refractivity contribution >= 4 is 23.3 Å². The Morgan fingerprint density at radius 1 is 1.00 bits per heavy atom. The molecule has 0 atom stereocenters. The summed E-state index contributed by atoms with van der Waals surface area (Å²) in [6, 6.07) is 14.1. The molecule has 10 nitrogen and oxygen atoms in total. The lowest BCUT2D eigenvalue weighted by Crippen LogP contribution is -2.36. The first kappa shape index (κ1) is 19.5. The Morgan fingerprint density at radius 2 is 1.70 bits per heavy atom. The fourth-order valence-electron chi connectivity index (χ4n) is 3.02. The highest BCUT2D eigenvalue weighted by Gasteiger charge is 2.13. The minimum Gasteiger partial charge on any atom is -0.452 e. The molecule has 1 aliphatic rings. The number of rotatable bonds is 6. The second-order valence-corrected chi connectivity index (χ2v) is 6.57. The first-order valence-corrected chi connectivity index (χ1v) is 9.42. The molecule has 0 radical (unpaired) electrons. The zero-order valence-corrected chi connectivity index (χ0v) is 16.1. The highest BCUT2D eigenvalue weighted by Crippen LogP contribution is 2.19. The zero-order chi connectivity index (χ0) is 20.8. The highest BCUT2D eigenvalue weighted by molar-refractivity contribution is 5.95. The summed E-state index contributed by atoms with van der Waals surface area (Å²) >= 11 is 0. The number of ether oxygens (including phenoxy) is 2. The van der Waals surface area contributed by atoms with Crippen LogP contribution < -0.4 is 10.2 Å². The Bertz CT molecular complexity index is 983. The lowest BCUT2D eigenvalue weighted by atomic mass is 10.2. The number of carbonyl (C=O) groups is 2. The van der Waals surface area contributed by atoms with Gasteiger partial charge in [0, 0.05) is 24.5 Å². The molecular formula is C20H20N6O4. The van der Waals surface area contributed by atoms with E-state index < -0.39 is 11.9 Å². The number of hydrogen-bond acceptors (Lipinski definition) is 8. The average molecular weight is 408 g/mol. The normalized spacial score (nSPS) is 13.7. The zero-order valence-electron chi connectivity index (χ0n) is 16.1. The van der Waals surface area contributed by atoms with E-state index in [0.717, 1.165) is 18.8 Å². The van der Waals surface area contributed by atoms with Crippen LogP contribution >= 0.6 is 0 Å². The van der Waals surface area contributed by atoms with Crippen LogP contribution in [0.3, 0.4) is 0 Å². The molecule has 0 bridgehead atoms. The van der Waals surface area contributed by atoms with E-state index in [1.165, 1.54) is 11.0 Å². The number of nitrogens with zero attached hydrogens (tertiary/aromatic N) is 5. The molecule has 1 fully saturated rings. The van der Waals surface area contributed by atoms with Gasteiger partial charge in [-0.2, -0.15) is 0 Å². The van der Waals surface area contributed by atoms with Gasteiger partial charge in [0.05, 0.1) is 24.5 Å². The van der Waals surface area contributed by atoms with Crippen molar-refractivity contribution in [3.8, 4) is 5.69 Å². The topological polar surface area (TPSA) is 111 Å². The minimum absolute atomic E-state index is 0.328. The number of benzene rings is 2. The summed E-state index contributed by atoms with van der Waals surface area (Å²) in [6.07, 6.45) is 1.45. The smallest absolute Gasteiger partial charge is 0.338 e. The van der Waals surface area contributed by atoms with Crippen LogP contribution in [0.1, 0.15) is 10.4 Å². The van der Waals surface area contributed by atoms with E-state index in [2.05, 4.69) is 25.7 Å². The summed E-state index contributed by atoms with van der Waals surface area (Å²) in [4.78, 5) is 26.5. The minimum atomic E-state index is -0.587. The van der Waals surface area contributed by atoms with E-state index in [4.69, 9.17) is 9.47 Å². The van der Waals surface area contributed by atoms with Crippen molar-refractivity contribution in [3.05, 3.63) is 60.4 Å². The average Bonchev–Trinajstić information content (AvgIpc) is 3.34. The third-order valence-electron chi connectivity index (χ3n) is 4.58. The van der Waals surface area contributed by atoms with E-state index in [1.807, 2.05) is 24.3 Å². The molecule has 2 aromatic carbocycles. The van der Waals surface area contributed by atoms with Gasteiger partial charge in [0.15, 0.2) is 6.61 Å². The molecular weight excluding hydrogens is 388 g/mol. The predicted molar refractivity (Wildman–Crippen MR) is 108 cm³/mol. The second-order valence-electron chi connectivity index (χ2n) is 6.57. The lowest BCUT2D eigenvalue weighted by molar-refractivity contribution is -0.119. The fraction of sp³-hybridized carbons (Fsp3) is 0.250. The van der Waals surface area contributed by atoms with Crippen LogP contribution in [0, 0.1) is 0 Å². The molecule has 10 heteroatoms. The van der Waals surface area contributed by atoms with Gasteiger partial charge in [0.25, 0.3) is 5.91 Å². The van der Waals surface area contributed by atoms with Gasteiger partial charge in [-0.3, -0.25) is 4.79 Å². The van der Waals surface area contributed by atoms with Crippen molar-refractivity contribution in [1.29, 1.82) is 0 Å². The van der Waals surface area contributed by atoms with E-state index in [0.29, 0.717) is 30.2 Å². The van der Waals surface area contributed by atoms with Crippen LogP contribution in [0.15, 0.2) is 54.9 Å². The molecule has 30 heavy (non-hydrogen) atoms. The summed E-state index contributed by atoms with van der Waals surface area (Å²) in [7, 11) is 0. The summed E-state index contributed by atoms with van der Waals surface area (Å²) in [6.45, 7) is 2.74. The predicted octanol–water partition coefficient (Wildman–Crippen LogP) is 1.29. The second kappa shape index (κ2) is 9.14. The SMILES string of the molecule is O=C(COC(=O)c1ccc(-n2cnnn2)cc1)Nc1ccc(N2CCOCC2)cc1. The number of nitrogens with one attached hydrogen (secondary N) is 1. The molecule has 2 heterocycles. The Balaban J connectivity index is 1.26. The maximum absolute atomic E-state index is 12.2. The van der Waals surface area contributed by atoms with Crippen LogP contribution in [0.25, 0.3) is 5.69 Å². The van der Waals surface area contributed by atoms with Gasteiger partial charge in [0.2, 0.25) is 0 Å². The van der Waals surface area contributed by atoms with Crippen molar-refractivity contribution in [2.75, 3.05) is 43.1 Å². The van der Waals surface area contributed by atoms with Gasteiger partial charge in [-0.05, 0) is 59.0 Å². The number of amides is 1. The summed E-state index contributed by atoms with van der Waals surface area (Å²) in [5, 5.41) is 13.6. The summed E-state index contributed by atoms with van der Waals surface area (Å²) in [5.74, 6) is -0.996. The Hall–Kier alpha value is -3.79. The van der Waals surface area contributed by atoms with Gasteiger partial charge >= 0.3 is 5.97 Å². The van der Waals surface area contributed by atoms with Gasteiger partial charge in [0.1, 0.15) is 6.33 Å². The third-order valence-corrected chi connectivity index (χ3v) is 4.58. The molecule has 1 aliphatic heterocycles. The molecule has 154 valence electrons. The standard InChI is InChI=1S/C20H20N6O4/c27-19(22-16-3-7-17(8-4-16)25-9-11-29-12-10-25)13-30-20(28)15-1-5-18(6-2-15)26-14-21-23-24-26/h1-8,14H,9-13H2,(H,22,27). The first-order valence-electron chi connectivity index (χ1n) is 9.42.